The molecule has 92 valence electrons. The SMILES string of the molecule is CC(C)CCC(C)NCC(O)CN(C)C. The van der Waals surface area contributed by atoms with Crippen LogP contribution < -0.4 is 5.32 Å². The average Bonchev–Trinajstić information content (AvgIpc) is 2.10. The number of hydrogen-bond acceptors (Lipinski definition) is 3. The smallest absolute Gasteiger partial charge is 0.0791 e. The third-order valence-electron chi connectivity index (χ3n) is 2.45. The van der Waals surface area contributed by atoms with Crippen molar-refractivity contribution >= 4 is 0 Å². The van der Waals surface area contributed by atoms with Crippen molar-refractivity contribution in [2.75, 3.05) is 27.2 Å². The van der Waals surface area contributed by atoms with E-state index in [1.807, 2.05) is 19.0 Å². The second-order valence-electron chi connectivity index (χ2n) is 5.20. The van der Waals surface area contributed by atoms with Crippen molar-refractivity contribution in [3.05, 3.63) is 0 Å². The first-order chi connectivity index (χ1) is 6.91. The summed E-state index contributed by atoms with van der Waals surface area (Å²) in [6.07, 6.45) is 2.17. The average molecular weight is 216 g/mol. The molecule has 0 saturated heterocycles. The van der Waals surface area contributed by atoms with Gasteiger partial charge in [0.1, 0.15) is 0 Å². The molecule has 3 heteroatoms. The number of likely N-dealkylation sites (N-methyl/N-ethyl adjacent to an activating group) is 1. The standard InChI is InChI=1S/C12H28N2O/c1-10(2)6-7-11(3)13-8-12(15)9-14(4)5/h10-13,15H,6-9H2,1-5H3. The Morgan fingerprint density at radius 2 is 1.73 bits per heavy atom. The Morgan fingerprint density at radius 3 is 2.20 bits per heavy atom. The van der Waals surface area contributed by atoms with E-state index in [0.29, 0.717) is 12.6 Å². The van der Waals surface area contributed by atoms with Crippen LogP contribution in [0.2, 0.25) is 0 Å². The second-order valence-corrected chi connectivity index (χ2v) is 5.20. The molecule has 0 aliphatic heterocycles. The van der Waals surface area contributed by atoms with E-state index in [9.17, 15) is 5.11 Å². The summed E-state index contributed by atoms with van der Waals surface area (Å²) < 4.78 is 0. The van der Waals surface area contributed by atoms with Crippen molar-refractivity contribution in [1.29, 1.82) is 0 Å². The predicted molar refractivity (Wildman–Crippen MR) is 66.1 cm³/mol. The highest BCUT2D eigenvalue weighted by Gasteiger charge is 2.08. The van der Waals surface area contributed by atoms with Gasteiger partial charge in [0.25, 0.3) is 0 Å². The molecule has 0 rings (SSSR count). The molecule has 0 spiro atoms. The molecule has 0 aromatic rings. The third kappa shape index (κ3) is 10.2. The Balaban J connectivity index is 3.48. The number of nitrogens with one attached hydrogen (secondary N) is 1. The zero-order valence-corrected chi connectivity index (χ0v) is 11.0. The molecule has 0 heterocycles. The molecular weight excluding hydrogens is 188 g/mol. The van der Waals surface area contributed by atoms with Crippen LogP contribution in [0.5, 0.6) is 0 Å². The summed E-state index contributed by atoms with van der Waals surface area (Å²) in [7, 11) is 3.96. The van der Waals surface area contributed by atoms with E-state index in [4.69, 9.17) is 0 Å². The van der Waals surface area contributed by atoms with Crippen molar-refractivity contribution in [2.45, 2.75) is 45.8 Å². The summed E-state index contributed by atoms with van der Waals surface area (Å²) >= 11 is 0. The van der Waals surface area contributed by atoms with Gasteiger partial charge in [-0.1, -0.05) is 13.8 Å². The van der Waals surface area contributed by atoms with Crippen LogP contribution in [-0.4, -0.2) is 49.3 Å². The summed E-state index contributed by atoms with van der Waals surface area (Å²) in [5.41, 5.74) is 0. The lowest BCUT2D eigenvalue weighted by Gasteiger charge is -2.20. The number of hydrogen-bond donors (Lipinski definition) is 2. The van der Waals surface area contributed by atoms with Gasteiger partial charge in [-0.25, -0.2) is 0 Å². The minimum atomic E-state index is -0.263. The summed E-state index contributed by atoms with van der Waals surface area (Å²) in [5.74, 6) is 0.765. The van der Waals surface area contributed by atoms with E-state index in [2.05, 4.69) is 26.1 Å². The molecule has 0 saturated carbocycles. The van der Waals surface area contributed by atoms with Crippen molar-refractivity contribution < 1.29 is 5.11 Å². The minimum absolute atomic E-state index is 0.263. The third-order valence-corrected chi connectivity index (χ3v) is 2.45. The van der Waals surface area contributed by atoms with Crippen molar-refractivity contribution in [1.82, 2.24) is 10.2 Å². The first-order valence-electron chi connectivity index (χ1n) is 5.98. The fraction of sp³-hybridized carbons (Fsp3) is 1.00. The minimum Gasteiger partial charge on any atom is -0.390 e. The molecule has 0 aliphatic carbocycles. The van der Waals surface area contributed by atoms with Gasteiger partial charge in [-0.05, 0) is 39.8 Å². The van der Waals surface area contributed by atoms with Gasteiger partial charge in [0, 0.05) is 19.1 Å². The Bertz CT molecular complexity index is 149. The van der Waals surface area contributed by atoms with Gasteiger partial charge in [-0.3, -0.25) is 0 Å². The van der Waals surface area contributed by atoms with Gasteiger partial charge in [0.05, 0.1) is 6.10 Å². The normalized spacial score (nSPS) is 16.0. The van der Waals surface area contributed by atoms with E-state index in [-0.39, 0.29) is 6.10 Å². The van der Waals surface area contributed by atoms with Gasteiger partial charge in [-0.2, -0.15) is 0 Å². The Labute approximate surface area is 94.9 Å². The molecule has 2 N–H and O–H groups in total. The maximum atomic E-state index is 9.64. The lowest BCUT2D eigenvalue weighted by molar-refractivity contribution is 0.131. The first-order valence-corrected chi connectivity index (χ1v) is 5.98. The van der Waals surface area contributed by atoms with Crippen LogP contribution in [0.15, 0.2) is 0 Å². The van der Waals surface area contributed by atoms with E-state index in [1.165, 1.54) is 12.8 Å². The van der Waals surface area contributed by atoms with Gasteiger partial charge in [0.2, 0.25) is 0 Å². The van der Waals surface area contributed by atoms with Crippen LogP contribution in [0.25, 0.3) is 0 Å². The van der Waals surface area contributed by atoms with Crippen molar-refractivity contribution in [2.24, 2.45) is 5.92 Å². The maximum Gasteiger partial charge on any atom is 0.0791 e. The predicted octanol–water partition coefficient (Wildman–Crippen LogP) is 1.32. The highest BCUT2D eigenvalue weighted by atomic mass is 16.3. The highest BCUT2D eigenvalue weighted by Crippen LogP contribution is 2.06. The lowest BCUT2D eigenvalue weighted by atomic mass is 10.0. The molecule has 0 aliphatic rings. The molecule has 15 heavy (non-hydrogen) atoms. The fourth-order valence-corrected chi connectivity index (χ4v) is 1.51. The molecule has 0 amide bonds. The fourth-order valence-electron chi connectivity index (χ4n) is 1.51. The largest absolute Gasteiger partial charge is 0.390 e. The van der Waals surface area contributed by atoms with E-state index < -0.39 is 0 Å². The molecule has 2 unspecified atom stereocenters. The topological polar surface area (TPSA) is 35.5 Å². The van der Waals surface area contributed by atoms with Gasteiger partial charge >= 0.3 is 0 Å². The number of aliphatic hydroxyl groups excluding tert-OH is 1. The van der Waals surface area contributed by atoms with E-state index in [0.717, 1.165) is 12.5 Å². The van der Waals surface area contributed by atoms with Crippen LogP contribution in [0, 0.1) is 5.92 Å². The number of rotatable bonds is 8. The van der Waals surface area contributed by atoms with Crippen LogP contribution >= 0.6 is 0 Å². The molecular formula is C12H28N2O. The molecule has 0 bridgehead atoms. The number of aliphatic hydroxyl groups is 1. The van der Waals surface area contributed by atoms with Gasteiger partial charge in [-0.15, -0.1) is 0 Å². The summed E-state index contributed by atoms with van der Waals surface area (Å²) in [4.78, 5) is 2.01. The summed E-state index contributed by atoms with van der Waals surface area (Å²) in [6.45, 7) is 8.09. The lowest BCUT2D eigenvalue weighted by Crippen LogP contribution is -2.38. The van der Waals surface area contributed by atoms with Crippen LogP contribution in [0.1, 0.15) is 33.6 Å². The molecule has 0 radical (unpaired) electrons. The first kappa shape index (κ1) is 14.9. The van der Waals surface area contributed by atoms with E-state index >= 15 is 0 Å². The zero-order valence-electron chi connectivity index (χ0n) is 11.0. The molecule has 3 nitrogen and oxygen atoms in total. The Hall–Kier alpha value is -0.120. The van der Waals surface area contributed by atoms with Crippen molar-refractivity contribution in [3.63, 3.8) is 0 Å². The monoisotopic (exact) mass is 216 g/mol. The van der Waals surface area contributed by atoms with Crippen LogP contribution in [0.3, 0.4) is 0 Å². The zero-order chi connectivity index (χ0) is 11.8. The summed E-state index contributed by atoms with van der Waals surface area (Å²) in [5, 5.41) is 13.0. The highest BCUT2D eigenvalue weighted by molar-refractivity contribution is 4.67. The van der Waals surface area contributed by atoms with E-state index in [1.54, 1.807) is 0 Å². The quantitative estimate of drug-likeness (QED) is 0.642. The Morgan fingerprint density at radius 1 is 1.13 bits per heavy atom. The molecule has 0 aromatic heterocycles. The Kier molecular flexibility index (Phi) is 8.02. The van der Waals surface area contributed by atoms with Crippen LogP contribution in [0.4, 0.5) is 0 Å². The van der Waals surface area contributed by atoms with Gasteiger partial charge < -0.3 is 15.3 Å². The van der Waals surface area contributed by atoms with Gasteiger partial charge in [0.15, 0.2) is 0 Å². The second kappa shape index (κ2) is 8.08. The molecule has 2 atom stereocenters. The summed E-state index contributed by atoms with van der Waals surface area (Å²) in [6, 6.07) is 0.504. The van der Waals surface area contributed by atoms with Crippen LogP contribution in [-0.2, 0) is 0 Å². The van der Waals surface area contributed by atoms with Crippen molar-refractivity contribution in [3.8, 4) is 0 Å². The number of nitrogens with zero attached hydrogens (tertiary/aromatic N) is 1. The molecule has 0 fully saturated rings. The maximum absolute atomic E-state index is 9.64. The molecule has 0 aromatic carbocycles.